The fourth-order valence-corrected chi connectivity index (χ4v) is 2.62. The number of hydrogen-bond donors (Lipinski definition) is 1. The van der Waals surface area contributed by atoms with Gasteiger partial charge in [0.2, 0.25) is 0 Å². The summed E-state index contributed by atoms with van der Waals surface area (Å²) >= 11 is 1.30. The maximum atomic E-state index is 12.2. The van der Waals surface area contributed by atoms with Crippen molar-refractivity contribution >= 4 is 23.4 Å². The number of nitrogen functional groups attached to an aromatic ring is 1. The highest BCUT2D eigenvalue weighted by Gasteiger charge is 2.17. The van der Waals surface area contributed by atoms with Gasteiger partial charge in [0.05, 0.1) is 11.3 Å². The van der Waals surface area contributed by atoms with Gasteiger partial charge in [-0.1, -0.05) is 0 Å². The Hall–Kier alpha value is -1.95. The molecule has 0 saturated carbocycles. The van der Waals surface area contributed by atoms with Crippen molar-refractivity contribution in [2.75, 3.05) is 19.8 Å². The molecule has 1 heterocycles. The Morgan fingerprint density at radius 1 is 1.35 bits per heavy atom. The van der Waals surface area contributed by atoms with Crippen LogP contribution in [0.5, 0.6) is 0 Å². The molecule has 0 radical (unpaired) electrons. The van der Waals surface area contributed by atoms with Crippen LogP contribution in [-0.4, -0.2) is 29.9 Å². The third kappa shape index (κ3) is 2.96. The van der Waals surface area contributed by atoms with E-state index in [1.807, 2.05) is 13.8 Å². The minimum Gasteiger partial charge on any atom is -0.436 e. The van der Waals surface area contributed by atoms with Gasteiger partial charge in [0.25, 0.3) is 11.1 Å². The zero-order valence-electron chi connectivity index (χ0n) is 11.9. The van der Waals surface area contributed by atoms with Crippen LogP contribution in [0.4, 0.5) is 5.69 Å². The lowest BCUT2D eigenvalue weighted by Gasteiger charge is -2.13. The maximum absolute atomic E-state index is 12.2. The SMILES string of the molecule is Cc1nc(Sc2cc(N)ccc2C(=O)N(C)C)oc1C. The molecule has 20 heavy (non-hydrogen) atoms. The minimum atomic E-state index is -0.0764. The molecule has 106 valence electrons. The molecule has 0 atom stereocenters. The summed E-state index contributed by atoms with van der Waals surface area (Å²) in [5.74, 6) is 0.699. The number of aryl methyl sites for hydroxylation is 2. The smallest absolute Gasteiger partial charge is 0.261 e. The van der Waals surface area contributed by atoms with E-state index < -0.39 is 0 Å². The molecule has 0 aliphatic carbocycles. The molecule has 0 bridgehead atoms. The van der Waals surface area contributed by atoms with Crippen molar-refractivity contribution in [3.05, 3.63) is 35.2 Å². The van der Waals surface area contributed by atoms with Crippen LogP contribution in [0.2, 0.25) is 0 Å². The van der Waals surface area contributed by atoms with Gasteiger partial charge in [0.15, 0.2) is 0 Å². The third-order valence-corrected chi connectivity index (χ3v) is 3.76. The van der Waals surface area contributed by atoms with Crippen molar-refractivity contribution < 1.29 is 9.21 Å². The zero-order valence-corrected chi connectivity index (χ0v) is 12.7. The van der Waals surface area contributed by atoms with Crippen molar-refractivity contribution in [1.82, 2.24) is 9.88 Å². The molecule has 2 N–H and O–H groups in total. The minimum absolute atomic E-state index is 0.0764. The van der Waals surface area contributed by atoms with Gasteiger partial charge in [0.1, 0.15) is 5.76 Å². The van der Waals surface area contributed by atoms with E-state index >= 15 is 0 Å². The topological polar surface area (TPSA) is 72.4 Å². The molecule has 2 aromatic rings. The molecule has 0 fully saturated rings. The molecular weight excluding hydrogens is 274 g/mol. The van der Waals surface area contributed by atoms with Crippen molar-refractivity contribution in [3.63, 3.8) is 0 Å². The molecule has 1 aromatic carbocycles. The van der Waals surface area contributed by atoms with E-state index in [4.69, 9.17) is 10.2 Å². The molecule has 1 amide bonds. The molecule has 0 unspecified atom stereocenters. The molecule has 0 spiro atoms. The number of hydrogen-bond acceptors (Lipinski definition) is 5. The lowest BCUT2D eigenvalue weighted by molar-refractivity contribution is 0.0824. The van der Waals surface area contributed by atoms with Crippen LogP contribution >= 0.6 is 11.8 Å². The third-order valence-electron chi connectivity index (χ3n) is 2.85. The average molecular weight is 291 g/mol. The number of benzene rings is 1. The van der Waals surface area contributed by atoms with Gasteiger partial charge >= 0.3 is 0 Å². The predicted octanol–water partition coefficient (Wildman–Crippen LogP) is 2.73. The maximum Gasteiger partial charge on any atom is 0.261 e. The number of carbonyl (C=O) groups excluding carboxylic acids is 1. The van der Waals surface area contributed by atoms with E-state index in [0.29, 0.717) is 16.5 Å². The van der Waals surface area contributed by atoms with Crippen molar-refractivity contribution in [2.24, 2.45) is 0 Å². The van der Waals surface area contributed by atoms with Crippen LogP contribution in [-0.2, 0) is 0 Å². The van der Waals surface area contributed by atoms with Crippen LogP contribution in [0.25, 0.3) is 0 Å². The standard InChI is InChI=1S/C14H17N3O2S/c1-8-9(2)19-14(16-8)20-12-7-10(15)5-6-11(12)13(18)17(3)4/h5-7H,15H2,1-4H3. The normalized spacial score (nSPS) is 10.6. The summed E-state index contributed by atoms with van der Waals surface area (Å²) < 4.78 is 5.54. The lowest BCUT2D eigenvalue weighted by atomic mass is 10.2. The number of amides is 1. The molecule has 1 aromatic heterocycles. The van der Waals surface area contributed by atoms with E-state index in [1.165, 1.54) is 16.7 Å². The van der Waals surface area contributed by atoms with E-state index in [2.05, 4.69) is 4.98 Å². The van der Waals surface area contributed by atoms with Gasteiger partial charge in [-0.05, 0) is 43.8 Å². The fourth-order valence-electron chi connectivity index (χ4n) is 1.62. The Kier molecular flexibility index (Phi) is 4.04. The van der Waals surface area contributed by atoms with Crippen molar-refractivity contribution in [3.8, 4) is 0 Å². The number of rotatable bonds is 3. The van der Waals surface area contributed by atoms with E-state index in [0.717, 1.165) is 16.3 Å². The van der Waals surface area contributed by atoms with Crippen molar-refractivity contribution in [2.45, 2.75) is 24.0 Å². The van der Waals surface area contributed by atoms with Crippen LogP contribution in [0, 0.1) is 13.8 Å². The Bertz CT molecular complexity index is 630. The Morgan fingerprint density at radius 3 is 2.60 bits per heavy atom. The number of anilines is 1. The predicted molar refractivity (Wildman–Crippen MR) is 79.0 cm³/mol. The average Bonchev–Trinajstić information content (AvgIpc) is 2.67. The number of nitrogens with two attached hydrogens (primary N) is 1. The van der Waals surface area contributed by atoms with Gasteiger partial charge < -0.3 is 15.1 Å². The molecule has 0 saturated heterocycles. The summed E-state index contributed by atoms with van der Waals surface area (Å²) in [6.07, 6.45) is 0. The second-order valence-corrected chi connectivity index (χ2v) is 5.67. The molecule has 0 aliphatic rings. The first-order valence-electron chi connectivity index (χ1n) is 6.11. The number of aromatic nitrogens is 1. The highest BCUT2D eigenvalue weighted by Crippen LogP contribution is 2.32. The number of carbonyl (C=O) groups is 1. The summed E-state index contributed by atoms with van der Waals surface area (Å²) in [7, 11) is 3.43. The van der Waals surface area contributed by atoms with Gasteiger partial charge in [0, 0.05) is 24.7 Å². The monoisotopic (exact) mass is 291 g/mol. The fraction of sp³-hybridized carbons (Fsp3) is 0.286. The summed E-state index contributed by atoms with van der Waals surface area (Å²) in [5.41, 5.74) is 7.83. The molecule has 5 nitrogen and oxygen atoms in total. The van der Waals surface area contributed by atoms with E-state index in [-0.39, 0.29) is 5.91 Å². The molecule has 2 rings (SSSR count). The number of oxazole rings is 1. The first-order valence-corrected chi connectivity index (χ1v) is 6.93. The van der Waals surface area contributed by atoms with E-state index in [9.17, 15) is 4.79 Å². The van der Waals surface area contributed by atoms with Gasteiger partial charge in [-0.3, -0.25) is 4.79 Å². The molecule has 6 heteroatoms. The lowest BCUT2D eigenvalue weighted by Crippen LogP contribution is -2.22. The molecule has 0 aliphatic heterocycles. The number of nitrogens with zero attached hydrogens (tertiary/aromatic N) is 2. The highest BCUT2D eigenvalue weighted by atomic mass is 32.2. The van der Waals surface area contributed by atoms with Crippen LogP contribution in [0.3, 0.4) is 0 Å². The Morgan fingerprint density at radius 2 is 2.05 bits per heavy atom. The van der Waals surface area contributed by atoms with Crippen LogP contribution in [0.1, 0.15) is 21.8 Å². The summed E-state index contributed by atoms with van der Waals surface area (Å²) in [6, 6.07) is 5.20. The molecular formula is C14H17N3O2S. The van der Waals surface area contributed by atoms with Gasteiger partial charge in [-0.2, -0.15) is 0 Å². The van der Waals surface area contributed by atoms with Crippen LogP contribution in [0.15, 0.2) is 32.7 Å². The van der Waals surface area contributed by atoms with Crippen LogP contribution < -0.4 is 5.73 Å². The first-order chi connectivity index (χ1) is 9.38. The zero-order chi connectivity index (χ0) is 14.9. The van der Waals surface area contributed by atoms with Gasteiger partial charge in [-0.25, -0.2) is 4.98 Å². The quantitative estimate of drug-likeness (QED) is 0.880. The largest absolute Gasteiger partial charge is 0.436 e. The first kappa shape index (κ1) is 14.5. The second-order valence-electron chi connectivity index (χ2n) is 4.68. The van der Waals surface area contributed by atoms with Gasteiger partial charge in [-0.15, -0.1) is 0 Å². The highest BCUT2D eigenvalue weighted by molar-refractivity contribution is 7.99. The van der Waals surface area contributed by atoms with E-state index in [1.54, 1.807) is 32.3 Å². The summed E-state index contributed by atoms with van der Waals surface area (Å²) in [6.45, 7) is 3.74. The second kappa shape index (κ2) is 5.58. The summed E-state index contributed by atoms with van der Waals surface area (Å²) in [5, 5.41) is 0.512. The summed E-state index contributed by atoms with van der Waals surface area (Å²) in [4.78, 5) is 18.7. The van der Waals surface area contributed by atoms with Crippen molar-refractivity contribution in [1.29, 1.82) is 0 Å². The Labute approximate surface area is 122 Å². The Balaban J connectivity index is 2.39.